The van der Waals surface area contributed by atoms with E-state index in [1.54, 1.807) is 6.20 Å². The zero-order chi connectivity index (χ0) is 12.4. The van der Waals surface area contributed by atoms with Crippen LogP contribution in [-0.2, 0) is 0 Å². The summed E-state index contributed by atoms with van der Waals surface area (Å²) in [5.74, 6) is -0.0708. The molecule has 2 aromatic rings. The van der Waals surface area contributed by atoms with Gasteiger partial charge in [0.25, 0.3) is 0 Å². The summed E-state index contributed by atoms with van der Waals surface area (Å²) < 4.78 is 1.83. The molecule has 0 bridgehead atoms. The third-order valence-corrected chi connectivity index (χ3v) is 2.50. The van der Waals surface area contributed by atoms with Gasteiger partial charge in [0.1, 0.15) is 5.82 Å². The SMILES string of the molecule is CC(C)c1nc(C(=O)O)cn1-c1ccccc1. The first-order valence-electron chi connectivity index (χ1n) is 5.47. The number of carbonyl (C=O) groups is 1. The van der Waals surface area contributed by atoms with Crippen molar-refractivity contribution in [1.82, 2.24) is 9.55 Å². The number of carboxylic acid groups (broad SMARTS) is 1. The average Bonchev–Trinajstić information content (AvgIpc) is 2.75. The molecule has 0 spiro atoms. The molecule has 0 aliphatic carbocycles. The van der Waals surface area contributed by atoms with Crippen LogP contribution < -0.4 is 0 Å². The fourth-order valence-electron chi connectivity index (χ4n) is 1.70. The van der Waals surface area contributed by atoms with Crippen LogP contribution >= 0.6 is 0 Å². The van der Waals surface area contributed by atoms with Gasteiger partial charge in [-0.1, -0.05) is 32.0 Å². The highest BCUT2D eigenvalue weighted by atomic mass is 16.4. The molecule has 0 saturated heterocycles. The monoisotopic (exact) mass is 230 g/mol. The van der Waals surface area contributed by atoms with Crippen molar-refractivity contribution in [1.29, 1.82) is 0 Å². The maximum atomic E-state index is 10.9. The summed E-state index contributed by atoms with van der Waals surface area (Å²) in [5.41, 5.74) is 1.01. The van der Waals surface area contributed by atoms with Gasteiger partial charge in [-0.3, -0.25) is 0 Å². The second kappa shape index (κ2) is 4.41. The zero-order valence-electron chi connectivity index (χ0n) is 9.79. The second-order valence-electron chi connectivity index (χ2n) is 4.15. The van der Waals surface area contributed by atoms with Gasteiger partial charge in [-0.2, -0.15) is 0 Å². The second-order valence-corrected chi connectivity index (χ2v) is 4.15. The zero-order valence-corrected chi connectivity index (χ0v) is 9.79. The molecule has 0 atom stereocenters. The lowest BCUT2D eigenvalue weighted by Gasteiger charge is -2.09. The molecule has 1 aromatic heterocycles. The number of rotatable bonds is 3. The van der Waals surface area contributed by atoms with E-state index in [-0.39, 0.29) is 11.6 Å². The predicted molar refractivity (Wildman–Crippen MR) is 64.6 cm³/mol. The minimum absolute atomic E-state index is 0.0811. The summed E-state index contributed by atoms with van der Waals surface area (Å²) >= 11 is 0. The van der Waals surface area contributed by atoms with Crippen LogP contribution in [0.25, 0.3) is 5.69 Å². The number of hydrogen-bond donors (Lipinski definition) is 1. The first-order valence-corrected chi connectivity index (χ1v) is 5.47. The maximum absolute atomic E-state index is 10.9. The van der Waals surface area contributed by atoms with Crippen LogP contribution in [0, 0.1) is 0 Å². The van der Waals surface area contributed by atoms with Crippen LogP contribution in [0.4, 0.5) is 0 Å². The Morgan fingerprint density at radius 1 is 1.29 bits per heavy atom. The molecule has 1 aromatic carbocycles. The van der Waals surface area contributed by atoms with Gasteiger partial charge < -0.3 is 9.67 Å². The van der Waals surface area contributed by atoms with E-state index in [4.69, 9.17) is 5.11 Å². The van der Waals surface area contributed by atoms with Crippen molar-refractivity contribution in [2.75, 3.05) is 0 Å². The first-order chi connectivity index (χ1) is 8.09. The summed E-state index contributed by atoms with van der Waals surface area (Å²) in [6.45, 7) is 3.99. The average molecular weight is 230 g/mol. The summed E-state index contributed by atoms with van der Waals surface area (Å²) in [7, 11) is 0. The van der Waals surface area contributed by atoms with Crippen molar-refractivity contribution in [3.05, 3.63) is 48.0 Å². The molecule has 4 heteroatoms. The molecule has 17 heavy (non-hydrogen) atoms. The molecule has 88 valence electrons. The number of carboxylic acids is 1. The number of para-hydroxylation sites is 1. The number of benzene rings is 1. The van der Waals surface area contributed by atoms with Gasteiger partial charge in [0.05, 0.1) is 0 Å². The number of hydrogen-bond acceptors (Lipinski definition) is 2. The number of imidazole rings is 1. The smallest absolute Gasteiger partial charge is 0.356 e. The van der Waals surface area contributed by atoms with Gasteiger partial charge >= 0.3 is 5.97 Å². The van der Waals surface area contributed by atoms with Crippen LogP contribution in [0.3, 0.4) is 0 Å². The van der Waals surface area contributed by atoms with Gasteiger partial charge in [-0.15, -0.1) is 0 Å². The van der Waals surface area contributed by atoms with Gasteiger partial charge in [-0.25, -0.2) is 9.78 Å². The van der Waals surface area contributed by atoms with Crippen molar-refractivity contribution in [2.45, 2.75) is 19.8 Å². The summed E-state index contributed by atoms with van der Waals surface area (Å²) in [5, 5.41) is 8.98. The number of aromatic carboxylic acids is 1. The molecule has 1 N–H and O–H groups in total. The third kappa shape index (κ3) is 2.20. The van der Waals surface area contributed by atoms with Crippen molar-refractivity contribution in [3.63, 3.8) is 0 Å². The Labute approximate surface area is 99.5 Å². The van der Waals surface area contributed by atoms with E-state index < -0.39 is 5.97 Å². The van der Waals surface area contributed by atoms with E-state index in [0.29, 0.717) is 0 Å². The fourth-order valence-corrected chi connectivity index (χ4v) is 1.70. The lowest BCUT2D eigenvalue weighted by molar-refractivity contribution is 0.0691. The molecule has 0 radical (unpaired) electrons. The Balaban J connectivity index is 2.56. The summed E-state index contributed by atoms with van der Waals surface area (Å²) in [4.78, 5) is 15.1. The van der Waals surface area contributed by atoms with Crippen LogP contribution in [0.1, 0.15) is 36.1 Å². The molecule has 1 heterocycles. The standard InChI is InChI=1S/C13H14N2O2/c1-9(2)12-14-11(13(16)17)8-15(12)10-6-4-3-5-7-10/h3-9H,1-2H3,(H,16,17). The van der Waals surface area contributed by atoms with E-state index in [9.17, 15) is 4.79 Å². The fraction of sp³-hybridized carbons (Fsp3) is 0.231. The van der Waals surface area contributed by atoms with Gasteiger partial charge in [0, 0.05) is 17.8 Å². The predicted octanol–water partition coefficient (Wildman–Crippen LogP) is 2.69. The molecule has 0 amide bonds. The molecule has 0 aliphatic rings. The van der Waals surface area contributed by atoms with E-state index in [0.717, 1.165) is 11.5 Å². The number of aromatic nitrogens is 2. The highest BCUT2D eigenvalue weighted by Gasteiger charge is 2.16. The van der Waals surface area contributed by atoms with E-state index >= 15 is 0 Å². The van der Waals surface area contributed by atoms with Gasteiger partial charge in [0.2, 0.25) is 0 Å². The molecule has 0 saturated carbocycles. The lowest BCUT2D eigenvalue weighted by Crippen LogP contribution is -2.01. The molecule has 4 nitrogen and oxygen atoms in total. The molecule has 2 rings (SSSR count). The largest absolute Gasteiger partial charge is 0.476 e. The molecular weight excluding hydrogens is 216 g/mol. The minimum atomic E-state index is -0.999. The summed E-state index contributed by atoms with van der Waals surface area (Å²) in [6.07, 6.45) is 1.56. The normalized spacial score (nSPS) is 10.8. The molecule has 0 unspecified atom stereocenters. The molecule has 0 aliphatic heterocycles. The van der Waals surface area contributed by atoms with Crippen molar-refractivity contribution in [3.8, 4) is 5.69 Å². The minimum Gasteiger partial charge on any atom is -0.476 e. The first kappa shape index (κ1) is 11.4. The summed E-state index contributed by atoms with van der Waals surface area (Å²) in [6, 6.07) is 9.62. The van der Waals surface area contributed by atoms with E-state index in [1.807, 2.05) is 48.7 Å². The quantitative estimate of drug-likeness (QED) is 0.882. The third-order valence-electron chi connectivity index (χ3n) is 2.50. The van der Waals surface area contributed by atoms with Crippen LogP contribution in [0.2, 0.25) is 0 Å². The van der Waals surface area contributed by atoms with Crippen LogP contribution in [-0.4, -0.2) is 20.6 Å². The Kier molecular flexibility index (Phi) is 2.95. The van der Waals surface area contributed by atoms with Crippen molar-refractivity contribution < 1.29 is 9.90 Å². The Bertz CT molecular complexity index is 530. The van der Waals surface area contributed by atoms with Gasteiger partial charge in [0.15, 0.2) is 5.69 Å². The lowest BCUT2D eigenvalue weighted by atomic mass is 10.2. The number of nitrogens with zero attached hydrogens (tertiary/aromatic N) is 2. The van der Waals surface area contributed by atoms with Crippen molar-refractivity contribution in [2.24, 2.45) is 0 Å². The Morgan fingerprint density at radius 2 is 1.94 bits per heavy atom. The van der Waals surface area contributed by atoms with E-state index in [1.165, 1.54) is 0 Å². The highest BCUT2D eigenvalue weighted by molar-refractivity contribution is 5.85. The van der Waals surface area contributed by atoms with E-state index in [2.05, 4.69) is 4.98 Å². The van der Waals surface area contributed by atoms with Crippen LogP contribution in [0.5, 0.6) is 0 Å². The topological polar surface area (TPSA) is 55.1 Å². The maximum Gasteiger partial charge on any atom is 0.356 e. The highest BCUT2D eigenvalue weighted by Crippen LogP contribution is 2.19. The van der Waals surface area contributed by atoms with Crippen LogP contribution in [0.15, 0.2) is 36.5 Å². The Morgan fingerprint density at radius 3 is 2.47 bits per heavy atom. The van der Waals surface area contributed by atoms with Gasteiger partial charge in [-0.05, 0) is 12.1 Å². The molecule has 0 fully saturated rings. The van der Waals surface area contributed by atoms with Crippen molar-refractivity contribution >= 4 is 5.97 Å². The Hall–Kier alpha value is -2.10. The molecular formula is C13H14N2O2.